The molecule has 2 rings (SSSR count). The molecule has 23 heavy (non-hydrogen) atoms. The summed E-state index contributed by atoms with van der Waals surface area (Å²) in [5.74, 6) is 0.261. The second-order valence-electron chi connectivity index (χ2n) is 5.67. The summed E-state index contributed by atoms with van der Waals surface area (Å²) in [7, 11) is 1.45. The molecule has 4 atom stereocenters. The van der Waals surface area contributed by atoms with Gasteiger partial charge in [-0.1, -0.05) is 6.07 Å². The Hall–Kier alpha value is -1.67. The Balaban J connectivity index is 1.86. The van der Waals surface area contributed by atoms with Crippen LogP contribution in [0.1, 0.15) is 18.4 Å². The molecule has 1 aromatic rings. The summed E-state index contributed by atoms with van der Waals surface area (Å²) in [6.45, 7) is -0.106. The number of Topliss-reactive ketones (excluding diaryl/α,β-unsaturated/α-hetero) is 1. The Kier molecular flexibility index (Phi) is 5.95. The number of phenols is 1. The van der Waals surface area contributed by atoms with E-state index < -0.39 is 24.4 Å². The topological polar surface area (TPSA) is 116 Å². The molecule has 1 unspecified atom stereocenters. The predicted octanol–water partition coefficient (Wildman–Crippen LogP) is -0.226. The third-order valence-electron chi connectivity index (χ3n) is 3.97. The molecule has 1 heterocycles. The molecule has 0 aromatic heterocycles. The van der Waals surface area contributed by atoms with Crippen molar-refractivity contribution >= 4 is 5.78 Å². The summed E-state index contributed by atoms with van der Waals surface area (Å²) in [6.07, 6.45) is -3.86. The molecule has 1 aliphatic rings. The van der Waals surface area contributed by atoms with E-state index in [-0.39, 0.29) is 31.0 Å². The number of benzene rings is 1. The van der Waals surface area contributed by atoms with Gasteiger partial charge >= 0.3 is 0 Å². The minimum Gasteiger partial charge on any atom is -0.504 e. The van der Waals surface area contributed by atoms with E-state index in [1.807, 2.05) is 0 Å². The first kappa shape index (κ1) is 17.7. The number of ketones is 1. The van der Waals surface area contributed by atoms with E-state index in [0.717, 1.165) is 5.56 Å². The molecule has 1 aromatic carbocycles. The average molecular weight is 326 g/mol. The summed E-state index contributed by atoms with van der Waals surface area (Å²) in [6, 6.07) is 4.87. The minimum absolute atomic E-state index is 0.0276. The van der Waals surface area contributed by atoms with Gasteiger partial charge in [0.1, 0.15) is 24.1 Å². The maximum absolute atomic E-state index is 12.0. The van der Waals surface area contributed by atoms with Crippen LogP contribution in [0.15, 0.2) is 18.2 Å². The maximum atomic E-state index is 12.0. The number of rotatable bonds is 6. The smallest absolute Gasteiger partial charge is 0.160 e. The largest absolute Gasteiger partial charge is 0.504 e. The summed E-state index contributed by atoms with van der Waals surface area (Å²) in [4.78, 5) is 12.0. The van der Waals surface area contributed by atoms with Gasteiger partial charge in [0.25, 0.3) is 0 Å². The highest BCUT2D eigenvalue weighted by molar-refractivity contribution is 5.79. The lowest BCUT2D eigenvalue weighted by Crippen LogP contribution is -2.53. The second kappa shape index (κ2) is 7.74. The van der Waals surface area contributed by atoms with Crippen LogP contribution < -0.4 is 4.74 Å². The van der Waals surface area contributed by atoms with Crippen LogP contribution >= 0.6 is 0 Å². The van der Waals surface area contributed by atoms with Crippen LogP contribution in [0.3, 0.4) is 0 Å². The fourth-order valence-electron chi connectivity index (χ4n) is 2.53. The van der Waals surface area contributed by atoms with Crippen molar-refractivity contribution in [3.63, 3.8) is 0 Å². The molecule has 128 valence electrons. The van der Waals surface area contributed by atoms with Gasteiger partial charge in [-0.3, -0.25) is 4.79 Å². The highest BCUT2D eigenvalue weighted by atomic mass is 16.5. The molecule has 0 bridgehead atoms. The number of aliphatic hydroxyl groups excluding tert-OH is 3. The normalized spacial score (nSPS) is 27.7. The van der Waals surface area contributed by atoms with Gasteiger partial charge in [-0.15, -0.1) is 0 Å². The molecular formula is C16H22O7. The molecule has 4 N–H and O–H groups in total. The molecule has 0 spiro atoms. The second-order valence-corrected chi connectivity index (χ2v) is 5.67. The van der Waals surface area contributed by atoms with Crippen molar-refractivity contribution in [2.45, 2.75) is 43.7 Å². The van der Waals surface area contributed by atoms with E-state index in [4.69, 9.17) is 9.47 Å². The van der Waals surface area contributed by atoms with E-state index in [0.29, 0.717) is 12.2 Å². The van der Waals surface area contributed by atoms with Crippen molar-refractivity contribution in [3.8, 4) is 11.5 Å². The quantitative estimate of drug-likeness (QED) is 0.571. The molecule has 0 radical (unpaired) electrons. The molecule has 1 saturated heterocycles. The number of aliphatic hydroxyl groups is 3. The Morgan fingerprint density at radius 3 is 2.74 bits per heavy atom. The lowest BCUT2D eigenvalue weighted by molar-refractivity contribution is -0.189. The Bertz CT molecular complexity index is 545. The molecule has 1 fully saturated rings. The number of hydrogen-bond donors (Lipinski definition) is 4. The zero-order valence-electron chi connectivity index (χ0n) is 12.9. The van der Waals surface area contributed by atoms with E-state index in [2.05, 4.69) is 0 Å². The van der Waals surface area contributed by atoms with Crippen LogP contribution in [0.5, 0.6) is 11.5 Å². The van der Waals surface area contributed by atoms with E-state index in [9.17, 15) is 25.2 Å². The van der Waals surface area contributed by atoms with Gasteiger partial charge < -0.3 is 29.9 Å². The zero-order chi connectivity index (χ0) is 17.0. The van der Waals surface area contributed by atoms with E-state index >= 15 is 0 Å². The van der Waals surface area contributed by atoms with Crippen LogP contribution in [-0.2, 0) is 16.0 Å². The molecule has 1 aliphatic heterocycles. The first-order valence-corrected chi connectivity index (χ1v) is 7.45. The molecular weight excluding hydrogens is 304 g/mol. The Morgan fingerprint density at radius 1 is 1.30 bits per heavy atom. The van der Waals surface area contributed by atoms with Crippen molar-refractivity contribution < 1.29 is 34.7 Å². The number of aryl methyl sites for hydroxylation is 1. The van der Waals surface area contributed by atoms with Crippen LogP contribution in [0.4, 0.5) is 0 Å². The van der Waals surface area contributed by atoms with Crippen LogP contribution in [-0.4, -0.2) is 64.3 Å². The van der Waals surface area contributed by atoms with Gasteiger partial charge in [-0.25, -0.2) is 0 Å². The number of methoxy groups -OCH3 is 1. The zero-order valence-corrected chi connectivity index (χ0v) is 12.9. The van der Waals surface area contributed by atoms with Gasteiger partial charge in [-0.05, 0) is 24.1 Å². The molecule has 7 heteroatoms. The van der Waals surface area contributed by atoms with Crippen molar-refractivity contribution in [3.05, 3.63) is 23.8 Å². The van der Waals surface area contributed by atoms with Crippen molar-refractivity contribution in [2.24, 2.45) is 0 Å². The van der Waals surface area contributed by atoms with Crippen LogP contribution in [0, 0.1) is 0 Å². The maximum Gasteiger partial charge on any atom is 0.160 e. The number of carbonyl (C=O) groups excluding carboxylic acids is 1. The predicted molar refractivity (Wildman–Crippen MR) is 80.4 cm³/mol. The third-order valence-corrected chi connectivity index (χ3v) is 3.97. The molecule has 0 amide bonds. The van der Waals surface area contributed by atoms with Gasteiger partial charge in [-0.2, -0.15) is 0 Å². The fourth-order valence-corrected chi connectivity index (χ4v) is 2.53. The molecule has 7 nitrogen and oxygen atoms in total. The third kappa shape index (κ3) is 4.42. The summed E-state index contributed by atoms with van der Waals surface area (Å²) < 4.78 is 10.2. The van der Waals surface area contributed by atoms with Crippen molar-refractivity contribution in [1.82, 2.24) is 0 Å². The summed E-state index contributed by atoms with van der Waals surface area (Å²) in [5, 5.41) is 38.3. The van der Waals surface area contributed by atoms with Gasteiger partial charge in [0.15, 0.2) is 11.5 Å². The van der Waals surface area contributed by atoms with Crippen LogP contribution in [0.2, 0.25) is 0 Å². The lowest BCUT2D eigenvalue weighted by atomic mass is 9.95. The lowest BCUT2D eigenvalue weighted by Gasteiger charge is -2.34. The average Bonchev–Trinajstić information content (AvgIpc) is 2.54. The Morgan fingerprint density at radius 2 is 2.04 bits per heavy atom. The Labute approximate surface area is 134 Å². The SMILES string of the molecule is COc1cc(CCC(=O)CC2OC[C@@H](O)[C@H](O)[C@H]2O)ccc1O. The highest BCUT2D eigenvalue weighted by Crippen LogP contribution is 2.27. The van der Waals surface area contributed by atoms with E-state index in [1.54, 1.807) is 12.1 Å². The number of hydrogen-bond acceptors (Lipinski definition) is 7. The first-order chi connectivity index (χ1) is 10.9. The number of aromatic hydroxyl groups is 1. The van der Waals surface area contributed by atoms with Gasteiger partial charge in [0.05, 0.1) is 19.8 Å². The fraction of sp³-hybridized carbons (Fsp3) is 0.562. The number of phenolic OH excluding ortho intramolecular Hbond substituents is 1. The number of carbonyl (C=O) groups is 1. The van der Waals surface area contributed by atoms with Crippen molar-refractivity contribution in [2.75, 3.05) is 13.7 Å². The van der Waals surface area contributed by atoms with Crippen molar-refractivity contribution in [1.29, 1.82) is 0 Å². The highest BCUT2D eigenvalue weighted by Gasteiger charge is 2.38. The molecule has 0 saturated carbocycles. The summed E-state index contributed by atoms with van der Waals surface area (Å²) >= 11 is 0. The summed E-state index contributed by atoms with van der Waals surface area (Å²) in [5.41, 5.74) is 0.841. The molecule has 0 aliphatic carbocycles. The van der Waals surface area contributed by atoms with Gasteiger partial charge in [0.2, 0.25) is 0 Å². The standard InChI is InChI=1S/C16H22O7/c1-22-13-6-9(3-5-11(13)18)2-4-10(17)7-14-16(21)15(20)12(19)8-23-14/h3,5-6,12,14-16,18-21H,2,4,7-8H2,1H3/t12-,14?,15+,16+/m1/s1. The monoisotopic (exact) mass is 326 g/mol. The van der Waals surface area contributed by atoms with Crippen LogP contribution in [0.25, 0.3) is 0 Å². The minimum atomic E-state index is -1.30. The van der Waals surface area contributed by atoms with Gasteiger partial charge in [0, 0.05) is 12.8 Å². The number of ether oxygens (including phenoxy) is 2. The first-order valence-electron chi connectivity index (χ1n) is 7.45. The van der Waals surface area contributed by atoms with E-state index in [1.165, 1.54) is 13.2 Å².